The molecule has 4 nitrogen and oxygen atoms in total. The van der Waals surface area contributed by atoms with Crippen LogP contribution in [0.1, 0.15) is 32.3 Å². The highest BCUT2D eigenvalue weighted by atomic mass is 35.5. The smallest absolute Gasteiger partial charge is 0.416 e. The molecule has 0 spiro atoms. The van der Waals surface area contributed by atoms with Crippen LogP contribution in [-0.2, 0) is 12.6 Å². The molecule has 0 radical (unpaired) electrons. The summed E-state index contributed by atoms with van der Waals surface area (Å²) in [4.78, 5) is 17.6. The number of aryl methyl sites for hydroxylation is 1. The van der Waals surface area contributed by atoms with Gasteiger partial charge in [-0.1, -0.05) is 29.8 Å². The van der Waals surface area contributed by atoms with Crippen molar-refractivity contribution in [2.75, 3.05) is 5.32 Å². The maximum atomic E-state index is 12.9. The Balaban J connectivity index is 1.51. The number of thiazole rings is 1. The number of rotatable bonds is 4. The van der Waals surface area contributed by atoms with Gasteiger partial charge in [-0.15, -0.1) is 11.3 Å². The van der Waals surface area contributed by atoms with Gasteiger partial charge in [0.15, 0.2) is 10.9 Å². The molecule has 2 aromatic heterocycles. The number of furan rings is 1. The van der Waals surface area contributed by atoms with Crippen LogP contribution in [0.4, 0.5) is 18.3 Å². The highest BCUT2D eigenvalue weighted by Gasteiger charge is 2.30. The highest BCUT2D eigenvalue weighted by molar-refractivity contribution is 7.15. The summed E-state index contributed by atoms with van der Waals surface area (Å²) >= 11 is 7.16. The summed E-state index contributed by atoms with van der Waals surface area (Å²) in [7, 11) is 0. The number of nitrogens with zero attached hydrogens (tertiary/aromatic N) is 1. The van der Waals surface area contributed by atoms with E-state index >= 15 is 0 Å². The van der Waals surface area contributed by atoms with Gasteiger partial charge in [-0.25, -0.2) is 4.98 Å². The summed E-state index contributed by atoms with van der Waals surface area (Å²) in [5, 5.41) is 4.26. The van der Waals surface area contributed by atoms with Crippen molar-refractivity contribution in [1.82, 2.24) is 4.98 Å². The Kier molecular flexibility index (Phi) is 5.29. The van der Waals surface area contributed by atoms with Crippen molar-refractivity contribution in [2.45, 2.75) is 19.5 Å². The monoisotopic (exact) mass is 450 g/mol. The van der Waals surface area contributed by atoms with Gasteiger partial charge in [0, 0.05) is 21.7 Å². The lowest BCUT2D eigenvalue weighted by atomic mass is 10.1. The molecule has 30 heavy (non-hydrogen) atoms. The molecule has 4 rings (SSSR count). The van der Waals surface area contributed by atoms with Gasteiger partial charge in [0.05, 0.1) is 11.3 Å². The normalized spacial score (nSPS) is 11.8. The summed E-state index contributed by atoms with van der Waals surface area (Å²) in [5.41, 5.74) is 0.999. The lowest BCUT2D eigenvalue weighted by Crippen LogP contribution is -2.10. The van der Waals surface area contributed by atoms with Gasteiger partial charge < -0.3 is 4.42 Å². The van der Waals surface area contributed by atoms with Crippen molar-refractivity contribution in [1.29, 1.82) is 0 Å². The second-order valence-corrected chi connectivity index (χ2v) is 8.17. The molecule has 0 aliphatic carbocycles. The molecular weight excluding hydrogens is 437 g/mol. The summed E-state index contributed by atoms with van der Waals surface area (Å²) < 4.78 is 44.3. The number of carbonyl (C=O) groups excluding carboxylic acids is 1. The molecule has 0 fully saturated rings. The van der Waals surface area contributed by atoms with Crippen LogP contribution in [0.25, 0.3) is 11.0 Å². The number of anilines is 1. The van der Waals surface area contributed by atoms with Crippen LogP contribution in [0, 0.1) is 6.92 Å². The van der Waals surface area contributed by atoms with Crippen molar-refractivity contribution in [2.24, 2.45) is 0 Å². The Labute approximate surface area is 178 Å². The molecule has 1 N–H and O–H groups in total. The minimum absolute atomic E-state index is 0.111. The largest absolute Gasteiger partial charge is 0.451 e. The Bertz CT molecular complexity index is 1250. The molecule has 154 valence electrons. The van der Waals surface area contributed by atoms with E-state index in [1.165, 1.54) is 17.4 Å². The summed E-state index contributed by atoms with van der Waals surface area (Å²) in [6.07, 6.45) is -4.11. The first-order valence-electron chi connectivity index (χ1n) is 8.82. The standard InChI is InChI=1S/C21H14ClF3N2O2S/c1-11-18(8-12-3-2-4-14(7-12)21(23,24)25)30-20(26-11)27-19(28)17-10-13-9-15(22)5-6-16(13)29-17/h2-7,9-10H,8H2,1H3,(H,26,27,28). The Hall–Kier alpha value is -2.84. The topological polar surface area (TPSA) is 55.1 Å². The number of fused-ring (bicyclic) bond motifs is 1. The zero-order chi connectivity index (χ0) is 21.5. The van der Waals surface area contributed by atoms with Crippen LogP contribution in [-0.4, -0.2) is 10.9 Å². The van der Waals surface area contributed by atoms with Gasteiger partial charge in [0.2, 0.25) is 0 Å². The van der Waals surface area contributed by atoms with Gasteiger partial charge in [0.25, 0.3) is 5.91 Å². The number of halogens is 4. The Morgan fingerprint density at radius 2 is 2.00 bits per heavy atom. The fourth-order valence-electron chi connectivity index (χ4n) is 2.97. The number of aromatic nitrogens is 1. The van der Waals surface area contributed by atoms with E-state index < -0.39 is 17.6 Å². The van der Waals surface area contributed by atoms with Crippen molar-refractivity contribution >= 4 is 44.9 Å². The van der Waals surface area contributed by atoms with Gasteiger partial charge in [-0.3, -0.25) is 10.1 Å². The zero-order valence-electron chi connectivity index (χ0n) is 15.5. The Morgan fingerprint density at radius 3 is 2.77 bits per heavy atom. The Morgan fingerprint density at radius 1 is 1.20 bits per heavy atom. The van der Waals surface area contributed by atoms with Crippen LogP contribution in [0.2, 0.25) is 5.02 Å². The first-order valence-corrected chi connectivity index (χ1v) is 10.0. The van der Waals surface area contributed by atoms with E-state index in [4.69, 9.17) is 16.0 Å². The molecular formula is C21H14ClF3N2O2S. The molecule has 4 aromatic rings. The molecule has 0 atom stereocenters. The first kappa shape index (κ1) is 20.4. The van der Waals surface area contributed by atoms with Gasteiger partial charge in [0.1, 0.15) is 5.58 Å². The third-order valence-electron chi connectivity index (χ3n) is 4.43. The maximum absolute atomic E-state index is 12.9. The van der Waals surface area contributed by atoms with Crippen LogP contribution in [0.15, 0.2) is 52.9 Å². The number of nitrogens with one attached hydrogen (secondary N) is 1. The molecule has 9 heteroatoms. The molecule has 0 saturated heterocycles. The third-order valence-corrected chi connectivity index (χ3v) is 5.74. The van der Waals surface area contributed by atoms with E-state index in [-0.39, 0.29) is 12.2 Å². The van der Waals surface area contributed by atoms with Crippen LogP contribution in [0.3, 0.4) is 0 Å². The predicted octanol–water partition coefficient (Wildman–Crippen LogP) is 6.71. The van der Waals surface area contributed by atoms with Crippen LogP contribution < -0.4 is 5.32 Å². The van der Waals surface area contributed by atoms with E-state index in [0.717, 1.165) is 17.0 Å². The van der Waals surface area contributed by atoms with Gasteiger partial charge >= 0.3 is 6.18 Å². The zero-order valence-corrected chi connectivity index (χ0v) is 17.1. The maximum Gasteiger partial charge on any atom is 0.416 e. The van der Waals surface area contributed by atoms with E-state index in [0.29, 0.717) is 32.4 Å². The quantitative estimate of drug-likeness (QED) is 0.376. The minimum Gasteiger partial charge on any atom is -0.451 e. The third kappa shape index (κ3) is 4.34. The minimum atomic E-state index is -4.39. The highest BCUT2D eigenvalue weighted by Crippen LogP contribution is 2.31. The molecule has 2 heterocycles. The summed E-state index contributed by atoms with van der Waals surface area (Å²) in [6, 6.07) is 11.8. The number of hydrogen-bond donors (Lipinski definition) is 1. The number of carbonyl (C=O) groups is 1. The SMILES string of the molecule is Cc1nc(NC(=O)c2cc3cc(Cl)ccc3o2)sc1Cc1cccc(C(F)(F)F)c1. The van der Waals surface area contributed by atoms with Crippen molar-refractivity contribution < 1.29 is 22.4 Å². The molecule has 2 aromatic carbocycles. The molecule has 0 bridgehead atoms. The van der Waals surface area contributed by atoms with Crippen LogP contribution in [0.5, 0.6) is 0 Å². The number of alkyl halides is 3. The number of benzene rings is 2. The van der Waals surface area contributed by atoms with E-state index in [2.05, 4.69) is 10.3 Å². The fraction of sp³-hybridized carbons (Fsp3) is 0.143. The van der Waals surface area contributed by atoms with E-state index in [1.807, 2.05) is 0 Å². The summed E-state index contributed by atoms with van der Waals surface area (Å²) in [6.45, 7) is 1.75. The second-order valence-electron chi connectivity index (χ2n) is 6.65. The molecule has 0 unspecified atom stereocenters. The second kappa shape index (κ2) is 7.77. The lowest BCUT2D eigenvalue weighted by molar-refractivity contribution is -0.137. The van der Waals surface area contributed by atoms with Crippen molar-refractivity contribution in [3.8, 4) is 0 Å². The first-order chi connectivity index (χ1) is 14.2. The van der Waals surface area contributed by atoms with E-state index in [1.54, 1.807) is 37.3 Å². The lowest BCUT2D eigenvalue weighted by Gasteiger charge is -2.08. The van der Waals surface area contributed by atoms with Crippen LogP contribution >= 0.6 is 22.9 Å². The van der Waals surface area contributed by atoms with Crippen molar-refractivity contribution in [3.05, 3.63) is 81.0 Å². The average Bonchev–Trinajstić information content (AvgIpc) is 3.24. The van der Waals surface area contributed by atoms with E-state index in [9.17, 15) is 18.0 Å². The average molecular weight is 451 g/mol. The molecule has 0 aliphatic rings. The molecule has 1 amide bonds. The summed E-state index contributed by atoms with van der Waals surface area (Å²) in [5.74, 6) is -0.360. The number of amides is 1. The van der Waals surface area contributed by atoms with Gasteiger partial charge in [-0.2, -0.15) is 13.2 Å². The number of hydrogen-bond acceptors (Lipinski definition) is 4. The molecule has 0 saturated carbocycles. The molecule has 0 aliphatic heterocycles. The fourth-order valence-corrected chi connectivity index (χ4v) is 4.15. The predicted molar refractivity (Wildman–Crippen MR) is 110 cm³/mol. The van der Waals surface area contributed by atoms with Crippen molar-refractivity contribution in [3.63, 3.8) is 0 Å². The van der Waals surface area contributed by atoms with Gasteiger partial charge in [-0.05, 0) is 42.8 Å².